The number of rotatable bonds is 0. The van der Waals surface area contributed by atoms with Crippen molar-refractivity contribution in [1.29, 1.82) is 0 Å². The highest BCUT2D eigenvalue weighted by Gasteiger charge is 2.69. The Labute approximate surface area is 111 Å². The molecule has 3 saturated heterocycles. The lowest BCUT2D eigenvalue weighted by Crippen LogP contribution is -2.53. The molecule has 3 fully saturated rings. The second-order valence-corrected chi connectivity index (χ2v) is 8.43. The van der Waals surface area contributed by atoms with Crippen molar-refractivity contribution in [3.05, 3.63) is 12.2 Å². The van der Waals surface area contributed by atoms with Crippen LogP contribution >= 0.6 is 0 Å². The minimum Gasteiger partial charge on any atom is -0.373 e. The molecule has 0 amide bonds. The second-order valence-electron chi connectivity index (χ2n) is 6.36. The lowest BCUT2D eigenvalue weighted by atomic mass is 9.58. The average molecular weight is 284 g/mol. The van der Waals surface area contributed by atoms with Gasteiger partial charge in [0.25, 0.3) is 0 Å². The third kappa shape index (κ3) is 1.48. The van der Waals surface area contributed by atoms with Crippen molar-refractivity contribution in [3.8, 4) is 0 Å². The van der Waals surface area contributed by atoms with Gasteiger partial charge in [-0.3, -0.25) is 4.79 Å². The Balaban J connectivity index is 1.84. The molecular weight excluding hydrogens is 268 g/mol. The summed E-state index contributed by atoms with van der Waals surface area (Å²) in [7, 11) is -3.14. The van der Waals surface area contributed by atoms with Crippen LogP contribution in [-0.4, -0.2) is 51.1 Å². The first-order chi connectivity index (χ1) is 8.95. The number of sulfone groups is 1. The molecule has 4 heterocycles. The monoisotopic (exact) mass is 284 g/mol. The van der Waals surface area contributed by atoms with Gasteiger partial charge in [0.2, 0.25) is 0 Å². The van der Waals surface area contributed by atoms with Crippen LogP contribution in [0.25, 0.3) is 0 Å². The molecule has 0 radical (unpaired) electrons. The van der Waals surface area contributed by atoms with E-state index in [2.05, 4.69) is 0 Å². The van der Waals surface area contributed by atoms with E-state index in [1.54, 1.807) is 0 Å². The normalized spacial score (nSPS) is 50.6. The lowest BCUT2D eigenvalue weighted by Gasteiger charge is -2.46. The maximum Gasteiger partial charge on any atom is 0.159 e. The molecule has 4 aliphatic heterocycles. The van der Waals surface area contributed by atoms with Crippen LogP contribution in [0.3, 0.4) is 0 Å². The van der Waals surface area contributed by atoms with Gasteiger partial charge in [-0.25, -0.2) is 8.42 Å². The summed E-state index contributed by atoms with van der Waals surface area (Å²) >= 11 is 0. The SMILES string of the molecule is O=C1COCC2(C1)CS(=O)(=O)CC21CC2C=CC1O2. The van der Waals surface area contributed by atoms with Crippen LogP contribution in [0.4, 0.5) is 0 Å². The van der Waals surface area contributed by atoms with E-state index >= 15 is 0 Å². The lowest BCUT2D eigenvalue weighted by molar-refractivity contribution is -0.143. The minimum atomic E-state index is -3.14. The molecule has 104 valence electrons. The highest BCUT2D eigenvalue weighted by Crippen LogP contribution is 2.61. The van der Waals surface area contributed by atoms with E-state index in [-0.39, 0.29) is 36.1 Å². The Morgan fingerprint density at radius 2 is 2.11 bits per heavy atom. The van der Waals surface area contributed by atoms with Crippen LogP contribution in [0.1, 0.15) is 12.8 Å². The van der Waals surface area contributed by atoms with Crippen molar-refractivity contribution >= 4 is 15.6 Å². The van der Waals surface area contributed by atoms with Gasteiger partial charge < -0.3 is 9.47 Å². The Morgan fingerprint density at radius 1 is 1.26 bits per heavy atom. The number of hydrogen-bond donors (Lipinski definition) is 0. The molecule has 0 aliphatic carbocycles. The largest absolute Gasteiger partial charge is 0.373 e. The second kappa shape index (κ2) is 3.48. The first-order valence-electron chi connectivity index (χ1n) is 6.59. The third-order valence-corrected chi connectivity index (χ3v) is 7.09. The molecule has 4 rings (SSSR count). The molecule has 0 aromatic heterocycles. The summed E-state index contributed by atoms with van der Waals surface area (Å²) in [6.45, 7) is 0.473. The Bertz CT molecular complexity index is 580. The van der Waals surface area contributed by atoms with Crippen molar-refractivity contribution in [2.75, 3.05) is 24.7 Å². The minimum absolute atomic E-state index is 0.00667. The zero-order chi connectivity index (χ0) is 13.3. The molecular formula is C13H16O5S. The zero-order valence-corrected chi connectivity index (χ0v) is 11.3. The van der Waals surface area contributed by atoms with Crippen LogP contribution in [0.2, 0.25) is 0 Å². The van der Waals surface area contributed by atoms with Gasteiger partial charge in [-0.15, -0.1) is 0 Å². The topological polar surface area (TPSA) is 69.7 Å². The number of hydrogen-bond acceptors (Lipinski definition) is 5. The molecule has 4 unspecified atom stereocenters. The fourth-order valence-electron chi connectivity index (χ4n) is 4.48. The summed E-state index contributed by atoms with van der Waals surface area (Å²) < 4.78 is 35.6. The summed E-state index contributed by atoms with van der Waals surface area (Å²) in [5.41, 5.74) is -1.04. The van der Waals surface area contributed by atoms with E-state index in [1.807, 2.05) is 12.2 Å². The van der Waals surface area contributed by atoms with Crippen molar-refractivity contribution in [3.63, 3.8) is 0 Å². The molecule has 0 aromatic rings. The van der Waals surface area contributed by atoms with Crippen LogP contribution in [0, 0.1) is 10.8 Å². The number of ketones is 1. The zero-order valence-electron chi connectivity index (χ0n) is 10.5. The van der Waals surface area contributed by atoms with Gasteiger partial charge in [-0.1, -0.05) is 12.2 Å². The van der Waals surface area contributed by atoms with Gasteiger partial charge in [0, 0.05) is 17.3 Å². The van der Waals surface area contributed by atoms with Crippen LogP contribution in [0.15, 0.2) is 12.2 Å². The number of carbonyl (C=O) groups excluding carboxylic acids is 1. The van der Waals surface area contributed by atoms with Gasteiger partial charge in [0.05, 0.1) is 30.3 Å². The Morgan fingerprint density at radius 3 is 2.74 bits per heavy atom. The van der Waals surface area contributed by atoms with E-state index in [1.165, 1.54) is 0 Å². The number of ether oxygens (including phenoxy) is 2. The Kier molecular flexibility index (Phi) is 2.21. The van der Waals surface area contributed by atoms with Crippen LogP contribution < -0.4 is 0 Å². The summed E-state index contributed by atoms with van der Waals surface area (Å²) in [6.07, 6.45) is 4.81. The molecule has 2 bridgehead atoms. The van der Waals surface area contributed by atoms with Gasteiger partial charge in [0.1, 0.15) is 6.61 Å². The van der Waals surface area contributed by atoms with E-state index in [0.717, 1.165) is 0 Å². The molecule has 4 atom stereocenters. The summed E-state index contributed by atoms with van der Waals surface area (Å²) in [5.74, 6) is 0.198. The number of fused-ring (bicyclic) bond motifs is 4. The predicted octanol–water partition coefficient (Wildman–Crippen LogP) is 0.104. The van der Waals surface area contributed by atoms with Crippen LogP contribution in [0.5, 0.6) is 0 Å². The smallest absolute Gasteiger partial charge is 0.159 e. The first kappa shape index (κ1) is 12.1. The van der Waals surface area contributed by atoms with E-state index in [9.17, 15) is 13.2 Å². The highest BCUT2D eigenvalue weighted by atomic mass is 32.2. The summed E-state index contributed by atoms with van der Waals surface area (Å²) in [6, 6.07) is 0. The van der Waals surface area contributed by atoms with Crippen molar-refractivity contribution < 1.29 is 22.7 Å². The van der Waals surface area contributed by atoms with E-state index in [0.29, 0.717) is 19.4 Å². The predicted molar refractivity (Wildman–Crippen MR) is 66.4 cm³/mol. The fraction of sp³-hybridized carbons (Fsp3) is 0.769. The van der Waals surface area contributed by atoms with Gasteiger partial charge in [0.15, 0.2) is 15.6 Å². The maximum atomic E-state index is 12.2. The number of Topliss-reactive ketones (excluding diaryl/α,β-unsaturated/α-hetero) is 1. The molecule has 0 saturated carbocycles. The fourth-order valence-corrected chi connectivity index (χ4v) is 7.27. The van der Waals surface area contributed by atoms with Crippen molar-refractivity contribution in [2.24, 2.45) is 10.8 Å². The standard InChI is InChI=1S/C13H16O5S/c14-9-3-12(6-17-5-9)7-19(15,16)8-13(12)4-10-1-2-11(13)18-10/h1-2,10-11H,3-8H2. The molecule has 19 heavy (non-hydrogen) atoms. The number of carbonyl (C=O) groups is 1. The molecule has 5 nitrogen and oxygen atoms in total. The van der Waals surface area contributed by atoms with Gasteiger partial charge in [-0.05, 0) is 6.42 Å². The first-order valence-corrected chi connectivity index (χ1v) is 8.41. The molecule has 2 spiro atoms. The van der Waals surface area contributed by atoms with Gasteiger partial charge >= 0.3 is 0 Å². The quantitative estimate of drug-likeness (QED) is 0.590. The molecule has 4 aliphatic rings. The molecule has 6 heteroatoms. The Hall–Kier alpha value is -0.720. The maximum absolute atomic E-state index is 12.2. The summed E-state index contributed by atoms with van der Waals surface area (Å²) in [4.78, 5) is 11.8. The van der Waals surface area contributed by atoms with E-state index in [4.69, 9.17) is 9.47 Å². The highest BCUT2D eigenvalue weighted by molar-refractivity contribution is 7.91. The van der Waals surface area contributed by atoms with Crippen molar-refractivity contribution in [2.45, 2.75) is 25.0 Å². The van der Waals surface area contributed by atoms with Crippen molar-refractivity contribution in [1.82, 2.24) is 0 Å². The molecule has 0 aromatic carbocycles. The third-order valence-electron chi connectivity index (χ3n) is 5.14. The molecule has 0 N–H and O–H groups in total. The van der Waals surface area contributed by atoms with E-state index < -0.39 is 20.7 Å². The van der Waals surface area contributed by atoms with Gasteiger partial charge in [-0.2, -0.15) is 0 Å². The van der Waals surface area contributed by atoms with Crippen LogP contribution in [-0.2, 0) is 24.1 Å². The summed E-state index contributed by atoms with van der Waals surface area (Å²) in [5, 5.41) is 0. The average Bonchev–Trinajstić information content (AvgIpc) is 2.92.